The van der Waals surface area contributed by atoms with Gasteiger partial charge in [0.05, 0.1) is 22.7 Å². The molecule has 2 aliphatic heterocycles. The molecule has 0 spiro atoms. The van der Waals surface area contributed by atoms with Crippen LogP contribution in [-0.4, -0.2) is 37.1 Å². The quantitative estimate of drug-likeness (QED) is 0.765. The number of piperidine rings is 1. The van der Waals surface area contributed by atoms with E-state index in [4.69, 9.17) is 27.9 Å². The zero-order valence-electron chi connectivity index (χ0n) is 12.2. The fraction of sp³-hybridized carbons (Fsp3) is 0.562. The Morgan fingerprint density at radius 3 is 2.43 bits per heavy atom. The van der Waals surface area contributed by atoms with E-state index in [0.29, 0.717) is 33.6 Å². The van der Waals surface area contributed by atoms with Gasteiger partial charge in [-0.1, -0.05) is 29.3 Å². The van der Waals surface area contributed by atoms with Gasteiger partial charge in [-0.2, -0.15) is 0 Å². The van der Waals surface area contributed by atoms with E-state index in [1.54, 1.807) is 6.07 Å². The first-order chi connectivity index (χ1) is 10.0. The smallest absolute Gasteiger partial charge is 0.339 e. The highest BCUT2D eigenvalue weighted by Crippen LogP contribution is 2.44. The van der Waals surface area contributed by atoms with Crippen LogP contribution >= 0.6 is 23.2 Å². The van der Waals surface area contributed by atoms with Crippen molar-refractivity contribution in [3.8, 4) is 0 Å². The Morgan fingerprint density at radius 2 is 1.86 bits per heavy atom. The van der Waals surface area contributed by atoms with Gasteiger partial charge in [0, 0.05) is 12.1 Å². The number of benzene rings is 1. The molecular formula is C16H19Cl2NO2. The lowest BCUT2D eigenvalue weighted by Crippen LogP contribution is -2.39. The number of rotatable bonds is 2. The van der Waals surface area contributed by atoms with Gasteiger partial charge in [0.2, 0.25) is 0 Å². The number of hydrogen-bond acceptors (Lipinski definition) is 3. The summed E-state index contributed by atoms with van der Waals surface area (Å²) in [5.74, 6) is -0.0497. The van der Waals surface area contributed by atoms with Crippen molar-refractivity contribution in [3.05, 3.63) is 33.3 Å². The lowest BCUT2D eigenvalue weighted by atomic mass is 9.83. The highest BCUT2D eigenvalue weighted by Gasteiger charge is 2.40. The minimum Gasteiger partial charge on any atom is -0.465 e. The van der Waals surface area contributed by atoms with E-state index in [1.165, 1.54) is 20.0 Å². The third kappa shape index (κ3) is 2.56. The largest absolute Gasteiger partial charge is 0.465 e. The number of carbonyl (C=O) groups is 1. The third-order valence-corrected chi connectivity index (χ3v) is 5.86. The number of fused-ring (bicyclic) bond motifs is 2. The molecule has 0 amide bonds. The Morgan fingerprint density at radius 1 is 1.24 bits per heavy atom. The summed E-state index contributed by atoms with van der Waals surface area (Å²) in [6, 6.07) is 4.93. The molecule has 2 atom stereocenters. The van der Waals surface area contributed by atoms with Gasteiger partial charge in [-0.25, -0.2) is 4.79 Å². The number of carbonyl (C=O) groups excluding carboxylic acids is 1. The molecule has 0 aliphatic carbocycles. The normalized spacial score (nSPS) is 28.7. The maximum Gasteiger partial charge on any atom is 0.339 e. The fourth-order valence-electron chi connectivity index (χ4n) is 3.88. The van der Waals surface area contributed by atoms with Crippen LogP contribution in [0.15, 0.2) is 12.1 Å². The third-order valence-electron chi connectivity index (χ3n) is 5.05. The number of halogens is 2. The van der Waals surface area contributed by atoms with Crippen LogP contribution < -0.4 is 0 Å². The molecule has 2 saturated heterocycles. The van der Waals surface area contributed by atoms with Crippen molar-refractivity contribution in [1.29, 1.82) is 0 Å². The molecule has 0 radical (unpaired) electrons. The summed E-state index contributed by atoms with van der Waals surface area (Å²) in [6.45, 7) is 0. The van der Waals surface area contributed by atoms with Crippen molar-refractivity contribution in [1.82, 2.24) is 4.90 Å². The zero-order chi connectivity index (χ0) is 15.1. The second kappa shape index (κ2) is 5.79. The number of esters is 1. The fourth-order valence-corrected chi connectivity index (χ4v) is 4.29. The van der Waals surface area contributed by atoms with Gasteiger partial charge in [0.1, 0.15) is 0 Å². The summed E-state index contributed by atoms with van der Waals surface area (Å²) in [5.41, 5.74) is 1.43. The van der Waals surface area contributed by atoms with Crippen LogP contribution in [0.2, 0.25) is 10.0 Å². The minimum absolute atomic E-state index is 0.312. The Kier molecular flexibility index (Phi) is 4.17. The van der Waals surface area contributed by atoms with E-state index in [-0.39, 0.29) is 0 Å². The molecule has 114 valence electrons. The van der Waals surface area contributed by atoms with Gasteiger partial charge in [-0.05, 0) is 50.3 Å². The van der Waals surface area contributed by atoms with E-state index in [2.05, 4.69) is 11.9 Å². The molecule has 1 aromatic rings. The Hall–Kier alpha value is -0.770. The standard InChI is InChI=1S/C16H19Cl2NO2/c1-19-10-3-4-11(19)8-9(7-10)12-5-6-13(17)15(18)14(12)16(20)21-2/h5-6,9-11H,3-4,7-8H2,1-2H3. The highest BCUT2D eigenvalue weighted by atomic mass is 35.5. The van der Waals surface area contributed by atoms with Crippen molar-refractivity contribution >= 4 is 29.2 Å². The van der Waals surface area contributed by atoms with Crippen molar-refractivity contribution in [2.24, 2.45) is 0 Å². The topological polar surface area (TPSA) is 29.5 Å². The van der Waals surface area contributed by atoms with Crippen molar-refractivity contribution < 1.29 is 9.53 Å². The van der Waals surface area contributed by atoms with Gasteiger partial charge in [-0.3, -0.25) is 0 Å². The lowest BCUT2D eigenvalue weighted by Gasteiger charge is -2.37. The number of ether oxygens (including phenoxy) is 1. The predicted molar refractivity (Wildman–Crippen MR) is 84.3 cm³/mol. The molecule has 2 fully saturated rings. The monoisotopic (exact) mass is 327 g/mol. The van der Waals surface area contributed by atoms with Crippen molar-refractivity contribution in [2.75, 3.05) is 14.2 Å². The maximum atomic E-state index is 12.1. The first-order valence-corrected chi connectivity index (χ1v) is 8.06. The molecule has 3 rings (SSSR count). The first-order valence-electron chi connectivity index (χ1n) is 7.31. The summed E-state index contributed by atoms with van der Waals surface area (Å²) >= 11 is 12.3. The molecule has 5 heteroatoms. The second-order valence-electron chi connectivity index (χ2n) is 6.04. The van der Waals surface area contributed by atoms with E-state index < -0.39 is 5.97 Å². The average Bonchev–Trinajstić information content (AvgIpc) is 2.70. The van der Waals surface area contributed by atoms with Crippen LogP contribution in [0.25, 0.3) is 0 Å². The van der Waals surface area contributed by atoms with Gasteiger partial charge in [0.15, 0.2) is 0 Å². The maximum absolute atomic E-state index is 12.1. The Bertz CT molecular complexity index is 562. The van der Waals surface area contributed by atoms with E-state index >= 15 is 0 Å². The molecule has 3 nitrogen and oxygen atoms in total. The number of hydrogen-bond donors (Lipinski definition) is 0. The summed E-state index contributed by atoms with van der Waals surface area (Å²) in [7, 11) is 3.58. The SMILES string of the molecule is COC(=O)c1c(C2CC3CCC(C2)N3C)ccc(Cl)c1Cl. The van der Waals surface area contributed by atoms with Crippen LogP contribution in [0, 0.1) is 0 Å². The second-order valence-corrected chi connectivity index (χ2v) is 6.82. The molecular weight excluding hydrogens is 309 g/mol. The van der Waals surface area contributed by atoms with Crippen LogP contribution in [-0.2, 0) is 4.74 Å². The molecule has 2 aliphatic rings. The Labute approximate surface area is 135 Å². The molecule has 0 saturated carbocycles. The van der Waals surface area contributed by atoms with Crippen LogP contribution in [0.1, 0.15) is 47.5 Å². The van der Waals surface area contributed by atoms with Gasteiger partial charge < -0.3 is 9.64 Å². The predicted octanol–water partition coefficient (Wildman–Crippen LogP) is 4.12. The minimum atomic E-state index is -0.399. The first kappa shape index (κ1) is 15.1. The van der Waals surface area contributed by atoms with E-state index in [9.17, 15) is 4.79 Å². The molecule has 0 aromatic heterocycles. The molecule has 1 aromatic carbocycles. The molecule has 2 bridgehead atoms. The van der Waals surface area contributed by atoms with Gasteiger partial charge >= 0.3 is 5.97 Å². The van der Waals surface area contributed by atoms with Gasteiger partial charge in [-0.15, -0.1) is 0 Å². The molecule has 2 unspecified atom stereocenters. The average molecular weight is 328 g/mol. The van der Waals surface area contributed by atoms with Crippen molar-refractivity contribution in [2.45, 2.75) is 43.7 Å². The molecule has 0 N–H and O–H groups in total. The highest BCUT2D eigenvalue weighted by molar-refractivity contribution is 6.43. The number of nitrogens with zero attached hydrogens (tertiary/aromatic N) is 1. The van der Waals surface area contributed by atoms with Crippen LogP contribution in [0.5, 0.6) is 0 Å². The summed E-state index contributed by atoms with van der Waals surface area (Å²) in [5, 5.41) is 0.712. The summed E-state index contributed by atoms with van der Waals surface area (Å²) in [4.78, 5) is 14.6. The van der Waals surface area contributed by atoms with Gasteiger partial charge in [0.25, 0.3) is 0 Å². The number of methoxy groups -OCH3 is 1. The molecule has 2 heterocycles. The summed E-state index contributed by atoms with van der Waals surface area (Å²) in [6.07, 6.45) is 4.61. The van der Waals surface area contributed by atoms with E-state index in [0.717, 1.165) is 18.4 Å². The lowest BCUT2D eigenvalue weighted by molar-refractivity contribution is 0.0597. The Balaban J connectivity index is 1.99. The summed E-state index contributed by atoms with van der Waals surface area (Å²) < 4.78 is 4.90. The van der Waals surface area contributed by atoms with Crippen molar-refractivity contribution in [3.63, 3.8) is 0 Å². The van der Waals surface area contributed by atoms with Crippen LogP contribution in [0.4, 0.5) is 0 Å². The van der Waals surface area contributed by atoms with E-state index in [1.807, 2.05) is 6.07 Å². The van der Waals surface area contributed by atoms with Crippen LogP contribution in [0.3, 0.4) is 0 Å². The molecule has 21 heavy (non-hydrogen) atoms. The zero-order valence-corrected chi connectivity index (χ0v) is 13.7.